The predicted molar refractivity (Wildman–Crippen MR) is 26.0 cm³/mol. The molecule has 0 fully saturated rings. The minimum absolute atomic E-state index is 0. The van der Waals surface area contributed by atoms with Crippen molar-refractivity contribution >= 4 is 0 Å². The third-order valence-corrected chi connectivity index (χ3v) is 0. The van der Waals surface area contributed by atoms with Gasteiger partial charge in [-0.2, -0.15) is 0 Å². The molecule has 0 N–H and O–H groups in total. The predicted octanol–water partition coefficient (Wildman–Crippen LogP) is 1.98. The van der Waals surface area contributed by atoms with E-state index in [2.05, 4.69) is 0 Å². The topological polar surface area (TPSA) is 0 Å². The van der Waals surface area contributed by atoms with Crippen molar-refractivity contribution in [1.29, 1.82) is 0 Å². The summed E-state index contributed by atoms with van der Waals surface area (Å²) in [6.07, 6.45) is 0. The first-order chi connectivity index (χ1) is 0. The molecule has 0 atom stereocenters. The second-order valence-corrected chi connectivity index (χ2v) is 0. The Labute approximate surface area is 66.9 Å². The molecule has 0 aliphatic rings. The van der Waals surface area contributed by atoms with Gasteiger partial charge in [-0.25, -0.2) is 0 Å². The van der Waals surface area contributed by atoms with Crippen LogP contribution in [0, 0.1) is 22.3 Å². The molecule has 0 nitrogen and oxygen atoms in total. The van der Waals surface area contributed by atoms with Crippen LogP contribution in [0.4, 0.5) is 0 Å². The van der Waals surface area contributed by atoms with Crippen molar-refractivity contribution in [1.82, 2.24) is 0 Å². The van der Waals surface area contributed by atoms with Crippen LogP contribution in [-0.2, 0) is 37.1 Å². The van der Waals surface area contributed by atoms with E-state index in [1.54, 1.807) is 0 Å². The maximum Gasteiger partial charge on any atom is 0.0467 e. The SMILES string of the molecule is C.[CH3+].[CH3-].[CH3-].[V].[V]. The van der Waals surface area contributed by atoms with E-state index >= 15 is 0 Å². The van der Waals surface area contributed by atoms with Crippen molar-refractivity contribution < 1.29 is 37.1 Å². The fourth-order valence-corrected chi connectivity index (χ4v) is 0. The first-order valence-electron chi connectivity index (χ1n) is 0. The van der Waals surface area contributed by atoms with Gasteiger partial charge in [-0.3, -0.25) is 0 Å². The summed E-state index contributed by atoms with van der Waals surface area (Å²) in [5.41, 5.74) is 0. The molecule has 0 saturated heterocycles. The molecule has 40 valence electrons. The van der Waals surface area contributed by atoms with Crippen LogP contribution < -0.4 is 0 Å². The Balaban J connectivity index is 0. The van der Waals surface area contributed by atoms with Gasteiger partial charge < -0.3 is 14.9 Å². The zero-order chi connectivity index (χ0) is 0. The number of hydrogen-bond acceptors (Lipinski definition) is 0. The normalized spacial score (nSPS) is 0. The van der Waals surface area contributed by atoms with Crippen LogP contribution in [0.5, 0.6) is 0 Å². The van der Waals surface area contributed by atoms with Gasteiger partial charge in [0.25, 0.3) is 0 Å². The molecule has 0 aliphatic heterocycles. The molecule has 0 unspecified atom stereocenters. The van der Waals surface area contributed by atoms with Crippen LogP contribution in [-0.4, -0.2) is 0 Å². The van der Waals surface area contributed by atoms with Crippen LogP contribution in [0.3, 0.4) is 0 Å². The number of rotatable bonds is 0. The number of hydrogen-bond donors (Lipinski definition) is 0. The van der Waals surface area contributed by atoms with E-state index in [4.69, 9.17) is 0 Å². The molecule has 0 aliphatic carbocycles. The average molecular weight is 163 g/mol. The van der Waals surface area contributed by atoms with Gasteiger partial charge in [0.1, 0.15) is 0 Å². The molecule has 0 amide bonds. The van der Waals surface area contributed by atoms with Crippen molar-refractivity contribution in [3.05, 3.63) is 22.3 Å². The molecule has 0 aromatic rings. The molecule has 0 spiro atoms. The average Bonchev–Trinajstić information content (AvgIpc) is 0. The Morgan fingerprint density at radius 1 is 0.667 bits per heavy atom. The first-order valence-corrected chi connectivity index (χ1v) is 0. The molecular weight excluding hydrogens is 150 g/mol. The van der Waals surface area contributed by atoms with E-state index in [0.717, 1.165) is 0 Å². The molecule has 6 heavy (non-hydrogen) atoms. The summed E-state index contributed by atoms with van der Waals surface area (Å²) in [6.45, 7) is 0. The van der Waals surface area contributed by atoms with Gasteiger partial charge in [0, 0.05) is 44.5 Å². The summed E-state index contributed by atoms with van der Waals surface area (Å²) < 4.78 is 0. The van der Waals surface area contributed by atoms with E-state index in [9.17, 15) is 0 Å². The smallest absolute Gasteiger partial charge is 0.0467 e. The van der Waals surface area contributed by atoms with Gasteiger partial charge in [-0.1, -0.05) is 7.43 Å². The Morgan fingerprint density at radius 2 is 0.667 bits per heavy atom. The second kappa shape index (κ2) is 142. The second-order valence-electron chi connectivity index (χ2n) is 0. The molecular formula is C4H13V2-. The van der Waals surface area contributed by atoms with Crippen LogP contribution in [0.15, 0.2) is 0 Å². The Bertz CT molecular complexity index is 5.51. The van der Waals surface area contributed by atoms with E-state index < -0.39 is 0 Å². The van der Waals surface area contributed by atoms with Crippen molar-refractivity contribution in [2.45, 2.75) is 7.43 Å². The van der Waals surface area contributed by atoms with E-state index in [-0.39, 0.29) is 66.8 Å². The first kappa shape index (κ1) is 238. The van der Waals surface area contributed by atoms with E-state index in [0.29, 0.717) is 0 Å². The van der Waals surface area contributed by atoms with Gasteiger partial charge in [0.2, 0.25) is 0 Å². The Kier molecular flexibility index (Phi) is 5630. The zero-order valence-corrected chi connectivity index (χ0v) is 6.69. The van der Waals surface area contributed by atoms with Gasteiger partial charge in [0.05, 0.1) is 0 Å². The summed E-state index contributed by atoms with van der Waals surface area (Å²) in [6, 6.07) is 0. The van der Waals surface area contributed by atoms with Gasteiger partial charge in [0.15, 0.2) is 0 Å². The minimum Gasteiger partial charge on any atom is -0.358 e. The van der Waals surface area contributed by atoms with Gasteiger partial charge in [-0.15, -0.1) is 0 Å². The van der Waals surface area contributed by atoms with Crippen molar-refractivity contribution in [2.75, 3.05) is 0 Å². The van der Waals surface area contributed by atoms with Gasteiger partial charge in [-0.05, 0) is 0 Å². The molecule has 0 heterocycles. The largest absolute Gasteiger partial charge is 0.358 e. The molecule has 0 saturated carbocycles. The summed E-state index contributed by atoms with van der Waals surface area (Å²) in [4.78, 5) is 0. The molecule has 0 rings (SSSR count). The Morgan fingerprint density at radius 3 is 0.667 bits per heavy atom. The maximum absolute atomic E-state index is 0. The fourth-order valence-electron chi connectivity index (χ4n) is 0. The van der Waals surface area contributed by atoms with Crippen LogP contribution in [0.1, 0.15) is 7.43 Å². The molecule has 2 radical (unpaired) electrons. The summed E-state index contributed by atoms with van der Waals surface area (Å²) >= 11 is 0. The molecule has 0 aromatic heterocycles. The molecule has 2 heteroatoms. The van der Waals surface area contributed by atoms with Gasteiger partial charge >= 0.3 is 0 Å². The third-order valence-electron chi connectivity index (χ3n) is 0. The molecule has 0 aromatic carbocycles. The van der Waals surface area contributed by atoms with E-state index in [1.165, 1.54) is 0 Å². The molecule has 0 bridgehead atoms. The third kappa shape index (κ3) is 76.2. The van der Waals surface area contributed by atoms with Crippen LogP contribution >= 0.6 is 0 Å². The van der Waals surface area contributed by atoms with Crippen molar-refractivity contribution in [3.63, 3.8) is 0 Å². The zero-order valence-electron chi connectivity index (χ0n) is 3.89. The van der Waals surface area contributed by atoms with E-state index in [1.807, 2.05) is 0 Å². The fraction of sp³-hybridized carbons (Fsp3) is 0.250. The monoisotopic (exact) mass is 163 g/mol. The van der Waals surface area contributed by atoms with Crippen LogP contribution in [0.25, 0.3) is 0 Å². The standard InChI is InChI=1S/CH4.3CH3.2V/h1H4;3*1H3;;/q;2*-1;+1;;. The van der Waals surface area contributed by atoms with Crippen molar-refractivity contribution in [2.24, 2.45) is 0 Å². The minimum atomic E-state index is 0. The van der Waals surface area contributed by atoms with Crippen molar-refractivity contribution in [3.8, 4) is 0 Å². The van der Waals surface area contributed by atoms with Crippen LogP contribution in [0.2, 0.25) is 0 Å². The summed E-state index contributed by atoms with van der Waals surface area (Å²) in [5, 5.41) is 0. The summed E-state index contributed by atoms with van der Waals surface area (Å²) in [5.74, 6) is 0. The quantitative estimate of drug-likeness (QED) is 0.479. The Hall–Kier alpha value is 1.04. The summed E-state index contributed by atoms with van der Waals surface area (Å²) in [7, 11) is 0. The maximum atomic E-state index is 0.